The van der Waals surface area contributed by atoms with E-state index in [0.717, 1.165) is 25.2 Å². The Morgan fingerprint density at radius 3 is 2.54 bits per heavy atom. The van der Waals surface area contributed by atoms with Gasteiger partial charge in [-0.1, -0.05) is 27.7 Å². The lowest BCUT2D eigenvalue weighted by atomic mass is 9.85. The molecule has 1 aliphatic heterocycles. The van der Waals surface area contributed by atoms with Crippen LogP contribution in [-0.2, 0) is 0 Å². The van der Waals surface area contributed by atoms with Crippen molar-refractivity contribution in [1.82, 2.24) is 0 Å². The van der Waals surface area contributed by atoms with Crippen LogP contribution in [0, 0.1) is 11.8 Å². The first-order chi connectivity index (χ1) is 6.20. The number of nitrogens with zero attached hydrogens (tertiary/aromatic N) is 1. The summed E-state index contributed by atoms with van der Waals surface area (Å²) in [5, 5.41) is 0. The van der Waals surface area contributed by atoms with Gasteiger partial charge in [0.1, 0.15) is 0 Å². The van der Waals surface area contributed by atoms with E-state index in [1.807, 2.05) is 0 Å². The lowest BCUT2D eigenvalue weighted by molar-refractivity contribution is 0.449. The van der Waals surface area contributed by atoms with E-state index in [9.17, 15) is 0 Å². The highest BCUT2D eigenvalue weighted by Gasteiger charge is 2.19. The molecular weight excluding hydrogens is 158 g/mol. The van der Waals surface area contributed by atoms with Crippen LogP contribution in [0.1, 0.15) is 47.0 Å². The molecule has 0 N–H and O–H groups in total. The summed E-state index contributed by atoms with van der Waals surface area (Å²) in [5.41, 5.74) is 2.91. The predicted molar refractivity (Wildman–Crippen MR) is 59.0 cm³/mol. The third-order valence-electron chi connectivity index (χ3n) is 3.21. The maximum absolute atomic E-state index is 4.55. The molecule has 0 radical (unpaired) electrons. The van der Waals surface area contributed by atoms with E-state index in [4.69, 9.17) is 0 Å². The van der Waals surface area contributed by atoms with Gasteiger partial charge < -0.3 is 0 Å². The van der Waals surface area contributed by atoms with Crippen LogP contribution in [-0.4, -0.2) is 6.21 Å². The second kappa shape index (κ2) is 4.59. The molecule has 0 saturated heterocycles. The predicted octanol–water partition coefficient (Wildman–Crippen LogP) is 3.81. The number of hydrogen-bond donors (Lipinski definition) is 0. The summed E-state index contributed by atoms with van der Waals surface area (Å²) in [6, 6.07) is 0. The summed E-state index contributed by atoms with van der Waals surface area (Å²) < 4.78 is 0. The van der Waals surface area contributed by atoms with Crippen LogP contribution in [0.3, 0.4) is 0 Å². The van der Waals surface area contributed by atoms with Crippen molar-refractivity contribution in [2.75, 3.05) is 0 Å². The molecule has 0 amide bonds. The smallest absolute Gasteiger partial charge is 0.0391 e. The summed E-state index contributed by atoms with van der Waals surface area (Å²) in [7, 11) is 0. The van der Waals surface area contributed by atoms with Crippen LogP contribution in [0.4, 0.5) is 0 Å². The quantitative estimate of drug-likeness (QED) is 0.611. The van der Waals surface area contributed by atoms with Gasteiger partial charge in [-0.15, -0.1) is 0 Å². The van der Waals surface area contributed by atoms with Crippen molar-refractivity contribution in [3.05, 3.63) is 11.3 Å². The molecule has 0 fully saturated rings. The highest BCUT2D eigenvalue weighted by Crippen LogP contribution is 2.31. The first kappa shape index (κ1) is 10.5. The van der Waals surface area contributed by atoms with Gasteiger partial charge in [0.05, 0.1) is 0 Å². The SMILES string of the molecule is CCC1=C(CC)C(C)C(C)CC=N1. The number of hydrogen-bond acceptors (Lipinski definition) is 1. The Morgan fingerprint density at radius 2 is 2.00 bits per heavy atom. The number of rotatable bonds is 2. The van der Waals surface area contributed by atoms with Gasteiger partial charge in [0.25, 0.3) is 0 Å². The standard InChI is InChI=1S/C12H21N/c1-5-11-10(4)9(3)7-8-13-12(11)6-2/h8-10H,5-7H2,1-4H3. The largest absolute Gasteiger partial charge is 0.266 e. The van der Waals surface area contributed by atoms with E-state index in [1.54, 1.807) is 5.57 Å². The molecule has 1 heteroatoms. The Morgan fingerprint density at radius 1 is 1.31 bits per heavy atom. The normalized spacial score (nSPS) is 29.2. The van der Waals surface area contributed by atoms with E-state index < -0.39 is 0 Å². The van der Waals surface area contributed by atoms with Crippen LogP contribution < -0.4 is 0 Å². The van der Waals surface area contributed by atoms with Gasteiger partial charge in [-0.25, -0.2) is 0 Å². The maximum Gasteiger partial charge on any atom is 0.0391 e. The molecule has 1 nitrogen and oxygen atoms in total. The van der Waals surface area contributed by atoms with Crippen LogP contribution >= 0.6 is 0 Å². The topological polar surface area (TPSA) is 12.4 Å². The zero-order valence-corrected chi connectivity index (χ0v) is 9.30. The van der Waals surface area contributed by atoms with Crippen LogP contribution in [0.5, 0.6) is 0 Å². The fraction of sp³-hybridized carbons (Fsp3) is 0.750. The minimum atomic E-state index is 0.711. The van der Waals surface area contributed by atoms with Crippen molar-refractivity contribution in [3.63, 3.8) is 0 Å². The lowest BCUT2D eigenvalue weighted by Crippen LogP contribution is -2.10. The summed E-state index contributed by atoms with van der Waals surface area (Å²) in [5.74, 6) is 1.46. The van der Waals surface area contributed by atoms with Crippen molar-refractivity contribution in [2.45, 2.75) is 47.0 Å². The first-order valence-electron chi connectivity index (χ1n) is 5.45. The molecule has 0 aromatic rings. The lowest BCUT2D eigenvalue weighted by Gasteiger charge is -2.20. The van der Waals surface area contributed by atoms with E-state index in [0.29, 0.717) is 5.92 Å². The van der Waals surface area contributed by atoms with Gasteiger partial charge in [-0.2, -0.15) is 0 Å². The molecule has 0 aliphatic carbocycles. The van der Waals surface area contributed by atoms with E-state index in [-0.39, 0.29) is 0 Å². The monoisotopic (exact) mass is 179 g/mol. The molecule has 1 rings (SSSR count). The van der Waals surface area contributed by atoms with E-state index >= 15 is 0 Å². The van der Waals surface area contributed by atoms with E-state index in [2.05, 4.69) is 38.9 Å². The molecule has 0 bridgehead atoms. The highest BCUT2D eigenvalue weighted by atomic mass is 14.7. The second-order valence-electron chi connectivity index (χ2n) is 3.99. The molecule has 1 aliphatic rings. The van der Waals surface area contributed by atoms with Crippen molar-refractivity contribution in [1.29, 1.82) is 0 Å². The molecule has 0 saturated carbocycles. The second-order valence-corrected chi connectivity index (χ2v) is 3.99. The molecule has 0 spiro atoms. The number of aliphatic imine (C=N–C) groups is 1. The fourth-order valence-corrected chi connectivity index (χ4v) is 2.07. The van der Waals surface area contributed by atoms with Crippen LogP contribution in [0.25, 0.3) is 0 Å². The third kappa shape index (κ3) is 2.20. The summed E-state index contributed by atoms with van der Waals surface area (Å²) in [6.07, 6.45) is 5.47. The summed E-state index contributed by atoms with van der Waals surface area (Å²) in [6.45, 7) is 9.11. The molecule has 13 heavy (non-hydrogen) atoms. The minimum Gasteiger partial charge on any atom is -0.266 e. The van der Waals surface area contributed by atoms with Crippen molar-refractivity contribution in [3.8, 4) is 0 Å². The Bertz CT molecular complexity index is 225. The van der Waals surface area contributed by atoms with Gasteiger partial charge >= 0.3 is 0 Å². The summed E-state index contributed by atoms with van der Waals surface area (Å²) in [4.78, 5) is 4.55. The molecular formula is C12H21N. The molecule has 0 aromatic carbocycles. The maximum atomic E-state index is 4.55. The van der Waals surface area contributed by atoms with Gasteiger partial charge in [-0.05, 0) is 36.7 Å². The molecule has 2 atom stereocenters. The van der Waals surface area contributed by atoms with Crippen LogP contribution in [0.15, 0.2) is 16.3 Å². The van der Waals surface area contributed by atoms with Gasteiger partial charge in [-0.3, -0.25) is 4.99 Å². The number of allylic oxidation sites excluding steroid dienone is 2. The van der Waals surface area contributed by atoms with Crippen molar-refractivity contribution < 1.29 is 0 Å². The Hall–Kier alpha value is -0.590. The zero-order valence-electron chi connectivity index (χ0n) is 9.30. The Labute approximate surface area is 82.0 Å². The van der Waals surface area contributed by atoms with Crippen LogP contribution in [0.2, 0.25) is 0 Å². The molecule has 74 valence electrons. The Balaban J connectivity index is 2.97. The average molecular weight is 179 g/mol. The van der Waals surface area contributed by atoms with E-state index in [1.165, 1.54) is 5.70 Å². The van der Waals surface area contributed by atoms with Crippen molar-refractivity contribution >= 4 is 6.21 Å². The van der Waals surface area contributed by atoms with Gasteiger partial charge in [0, 0.05) is 11.9 Å². The fourth-order valence-electron chi connectivity index (χ4n) is 2.07. The van der Waals surface area contributed by atoms with Gasteiger partial charge in [0.15, 0.2) is 0 Å². The highest BCUT2D eigenvalue weighted by molar-refractivity contribution is 5.60. The Kier molecular flexibility index (Phi) is 3.71. The summed E-state index contributed by atoms with van der Waals surface area (Å²) >= 11 is 0. The van der Waals surface area contributed by atoms with Crippen molar-refractivity contribution in [2.24, 2.45) is 16.8 Å². The molecule has 2 unspecified atom stereocenters. The average Bonchev–Trinajstić information content (AvgIpc) is 2.27. The minimum absolute atomic E-state index is 0.711. The van der Waals surface area contributed by atoms with Gasteiger partial charge in [0.2, 0.25) is 0 Å². The zero-order chi connectivity index (χ0) is 9.84. The third-order valence-corrected chi connectivity index (χ3v) is 3.21. The first-order valence-corrected chi connectivity index (χ1v) is 5.45. The molecule has 1 heterocycles. The molecule has 0 aromatic heterocycles.